The van der Waals surface area contributed by atoms with Crippen LogP contribution in [0.25, 0.3) is 0 Å². The van der Waals surface area contributed by atoms with Crippen LogP contribution < -0.4 is 0 Å². The summed E-state index contributed by atoms with van der Waals surface area (Å²) in [4.78, 5) is 0. The molecular formula is C8H14F2O2. The molecule has 12 heavy (non-hydrogen) atoms. The molecule has 0 amide bonds. The highest BCUT2D eigenvalue weighted by atomic mass is 19.3. The van der Waals surface area contributed by atoms with E-state index < -0.39 is 12.7 Å². The van der Waals surface area contributed by atoms with E-state index in [4.69, 9.17) is 9.84 Å². The van der Waals surface area contributed by atoms with Gasteiger partial charge < -0.3 is 9.84 Å². The van der Waals surface area contributed by atoms with E-state index in [0.717, 1.165) is 12.5 Å². The second kappa shape index (κ2) is 6.08. The summed E-state index contributed by atoms with van der Waals surface area (Å²) < 4.78 is 28.5. The highest BCUT2D eigenvalue weighted by Gasteiger charge is 2.07. The number of rotatable bonds is 5. The van der Waals surface area contributed by atoms with Crippen LogP contribution in [-0.4, -0.2) is 24.4 Å². The van der Waals surface area contributed by atoms with E-state index >= 15 is 0 Å². The molecule has 0 aromatic carbocycles. The number of halogens is 2. The van der Waals surface area contributed by atoms with Crippen LogP contribution in [0, 0.1) is 0 Å². The molecule has 1 unspecified atom stereocenters. The van der Waals surface area contributed by atoms with Gasteiger partial charge >= 0.3 is 0 Å². The molecule has 0 aliphatic rings. The van der Waals surface area contributed by atoms with Crippen molar-refractivity contribution >= 4 is 0 Å². The molecular weight excluding hydrogens is 166 g/mol. The zero-order valence-corrected chi connectivity index (χ0v) is 7.26. The normalized spacial score (nSPS) is 15.3. The van der Waals surface area contributed by atoms with Crippen LogP contribution in [0.15, 0.2) is 11.6 Å². The Labute approximate surface area is 70.8 Å². The lowest BCUT2D eigenvalue weighted by Crippen LogP contribution is -2.11. The summed E-state index contributed by atoms with van der Waals surface area (Å²) in [6.45, 7) is 3.49. The van der Waals surface area contributed by atoms with Crippen LogP contribution in [0.5, 0.6) is 0 Å². The highest BCUT2D eigenvalue weighted by molar-refractivity contribution is 5.02. The number of aliphatic hydroxyl groups excluding tert-OH is 1. The van der Waals surface area contributed by atoms with Crippen LogP contribution in [0.4, 0.5) is 8.78 Å². The van der Waals surface area contributed by atoms with Gasteiger partial charge in [-0.25, -0.2) is 8.78 Å². The van der Waals surface area contributed by atoms with Gasteiger partial charge in [-0.2, -0.15) is 0 Å². The molecule has 0 bridgehead atoms. The fourth-order valence-electron chi connectivity index (χ4n) is 0.584. The van der Waals surface area contributed by atoms with Crippen molar-refractivity contribution in [2.45, 2.75) is 33.0 Å². The van der Waals surface area contributed by atoms with Crippen molar-refractivity contribution in [3.05, 3.63) is 11.6 Å². The van der Waals surface area contributed by atoms with E-state index in [-0.39, 0.29) is 5.57 Å². The van der Waals surface area contributed by atoms with Crippen molar-refractivity contribution < 1.29 is 18.6 Å². The standard InChI is InChI=1S/C8H14F2O2/c1-3-4-12-7(11)5-6(2)8(9)10/h5,7-8,11H,3-4H2,1-2H3/b6-5+. The SMILES string of the molecule is CCCOC(O)/C=C(\C)C(F)F. The van der Waals surface area contributed by atoms with Crippen LogP contribution in [0.1, 0.15) is 20.3 Å². The number of ether oxygens (including phenoxy) is 1. The Balaban J connectivity index is 3.79. The van der Waals surface area contributed by atoms with Gasteiger partial charge in [0.05, 0.1) is 0 Å². The number of allylic oxidation sites excluding steroid dienone is 1. The molecule has 4 heteroatoms. The van der Waals surface area contributed by atoms with Gasteiger partial charge in [-0.05, 0) is 25.0 Å². The van der Waals surface area contributed by atoms with E-state index in [0.29, 0.717) is 6.61 Å². The summed E-state index contributed by atoms with van der Waals surface area (Å²) in [7, 11) is 0. The minimum Gasteiger partial charge on any atom is -0.365 e. The van der Waals surface area contributed by atoms with Crippen molar-refractivity contribution in [3.8, 4) is 0 Å². The molecule has 0 aromatic rings. The summed E-state index contributed by atoms with van der Waals surface area (Å²) in [6, 6.07) is 0. The van der Waals surface area contributed by atoms with E-state index in [1.165, 1.54) is 6.92 Å². The van der Waals surface area contributed by atoms with Gasteiger partial charge in [0.15, 0.2) is 6.29 Å². The zero-order chi connectivity index (χ0) is 9.56. The fourth-order valence-corrected chi connectivity index (χ4v) is 0.584. The summed E-state index contributed by atoms with van der Waals surface area (Å²) in [6.07, 6.45) is -1.97. The molecule has 0 saturated heterocycles. The maximum atomic E-state index is 11.9. The molecule has 0 radical (unpaired) electrons. The summed E-state index contributed by atoms with van der Waals surface area (Å²) >= 11 is 0. The van der Waals surface area contributed by atoms with Crippen molar-refractivity contribution in [3.63, 3.8) is 0 Å². The third-order valence-electron chi connectivity index (χ3n) is 1.24. The Morgan fingerprint density at radius 3 is 2.58 bits per heavy atom. The van der Waals surface area contributed by atoms with Crippen LogP contribution in [-0.2, 0) is 4.74 Å². The maximum absolute atomic E-state index is 11.9. The highest BCUT2D eigenvalue weighted by Crippen LogP contribution is 2.08. The van der Waals surface area contributed by atoms with E-state index in [2.05, 4.69) is 0 Å². The largest absolute Gasteiger partial charge is 0.365 e. The number of aliphatic hydroxyl groups is 1. The summed E-state index contributed by atoms with van der Waals surface area (Å²) in [5.41, 5.74) is -0.168. The lowest BCUT2D eigenvalue weighted by Gasteiger charge is -2.07. The molecule has 0 heterocycles. The number of hydrogen-bond donors (Lipinski definition) is 1. The first-order valence-electron chi connectivity index (χ1n) is 3.84. The monoisotopic (exact) mass is 180 g/mol. The molecule has 0 aliphatic heterocycles. The van der Waals surface area contributed by atoms with Crippen molar-refractivity contribution in [2.75, 3.05) is 6.61 Å². The second-order valence-corrected chi connectivity index (χ2v) is 2.47. The van der Waals surface area contributed by atoms with Gasteiger partial charge in [0.1, 0.15) is 0 Å². The first-order chi connectivity index (χ1) is 5.57. The van der Waals surface area contributed by atoms with E-state index in [1.807, 2.05) is 6.92 Å². The average molecular weight is 180 g/mol. The first-order valence-corrected chi connectivity index (χ1v) is 3.84. The second-order valence-electron chi connectivity index (χ2n) is 2.47. The van der Waals surface area contributed by atoms with Crippen molar-refractivity contribution in [2.24, 2.45) is 0 Å². The van der Waals surface area contributed by atoms with Crippen LogP contribution >= 0.6 is 0 Å². The molecule has 0 spiro atoms. The molecule has 0 fully saturated rings. The molecule has 2 nitrogen and oxygen atoms in total. The number of alkyl halides is 2. The quantitative estimate of drug-likeness (QED) is 0.517. The Kier molecular flexibility index (Phi) is 5.84. The van der Waals surface area contributed by atoms with Gasteiger partial charge in [-0.15, -0.1) is 0 Å². The molecule has 1 atom stereocenters. The van der Waals surface area contributed by atoms with Gasteiger partial charge in [0.2, 0.25) is 0 Å². The number of hydrogen-bond acceptors (Lipinski definition) is 2. The van der Waals surface area contributed by atoms with Crippen molar-refractivity contribution in [1.82, 2.24) is 0 Å². The molecule has 0 aromatic heterocycles. The minimum atomic E-state index is -2.52. The average Bonchev–Trinajstić information content (AvgIpc) is 2.00. The smallest absolute Gasteiger partial charge is 0.259 e. The van der Waals surface area contributed by atoms with Crippen LogP contribution in [0.3, 0.4) is 0 Å². The minimum absolute atomic E-state index is 0.168. The predicted molar refractivity (Wildman–Crippen MR) is 42.0 cm³/mol. The maximum Gasteiger partial charge on any atom is 0.259 e. The Hall–Kier alpha value is -0.480. The Morgan fingerprint density at radius 2 is 2.17 bits per heavy atom. The Bertz CT molecular complexity index is 146. The fraction of sp³-hybridized carbons (Fsp3) is 0.750. The van der Waals surface area contributed by atoms with Crippen molar-refractivity contribution in [1.29, 1.82) is 0 Å². The lowest BCUT2D eigenvalue weighted by atomic mass is 10.3. The molecule has 0 rings (SSSR count). The molecule has 0 aliphatic carbocycles. The van der Waals surface area contributed by atoms with E-state index in [1.54, 1.807) is 0 Å². The third kappa shape index (κ3) is 5.21. The third-order valence-corrected chi connectivity index (χ3v) is 1.24. The Morgan fingerprint density at radius 1 is 1.58 bits per heavy atom. The first kappa shape index (κ1) is 11.5. The van der Waals surface area contributed by atoms with Gasteiger partial charge in [0, 0.05) is 6.61 Å². The predicted octanol–water partition coefficient (Wildman–Crippen LogP) is 1.94. The van der Waals surface area contributed by atoms with Gasteiger partial charge in [-0.3, -0.25) is 0 Å². The van der Waals surface area contributed by atoms with Gasteiger partial charge in [0.25, 0.3) is 6.43 Å². The topological polar surface area (TPSA) is 29.5 Å². The van der Waals surface area contributed by atoms with Crippen LogP contribution in [0.2, 0.25) is 0 Å². The molecule has 72 valence electrons. The summed E-state index contributed by atoms with van der Waals surface area (Å²) in [5.74, 6) is 0. The zero-order valence-electron chi connectivity index (χ0n) is 7.26. The lowest BCUT2D eigenvalue weighted by molar-refractivity contribution is -0.0649. The van der Waals surface area contributed by atoms with E-state index in [9.17, 15) is 8.78 Å². The molecule has 0 saturated carbocycles. The van der Waals surface area contributed by atoms with Gasteiger partial charge in [-0.1, -0.05) is 6.92 Å². The summed E-state index contributed by atoms with van der Waals surface area (Å²) in [5, 5.41) is 8.97. The molecule has 1 N–H and O–H groups in total.